The molecule has 1 aromatic heterocycles. The molecular weight excluding hydrogens is 280 g/mol. The zero-order chi connectivity index (χ0) is 15.3. The third kappa shape index (κ3) is 4.77. The molecule has 0 unspecified atom stereocenters. The maximum Gasteiger partial charge on any atom is 0.134 e. The minimum atomic E-state index is 0.297. The fraction of sp³-hybridized carbons (Fsp3) is 0.750. The lowest BCUT2D eigenvalue weighted by atomic mass is 10.2. The molecule has 0 saturated carbocycles. The summed E-state index contributed by atoms with van der Waals surface area (Å²) in [5, 5.41) is 3.41. The first-order valence-electron chi connectivity index (χ1n) is 8.05. The minimum Gasteiger partial charge on any atom is -0.370 e. The molecule has 1 fully saturated rings. The Kier molecular flexibility index (Phi) is 5.73. The fourth-order valence-corrected chi connectivity index (χ4v) is 3.65. The number of nitrogens with one attached hydrogen (secondary N) is 1. The van der Waals surface area contributed by atoms with Gasteiger partial charge in [0.05, 0.1) is 0 Å². The Hall–Kier alpha value is -0.970. The molecule has 1 aliphatic heterocycles. The molecule has 0 bridgehead atoms. The summed E-state index contributed by atoms with van der Waals surface area (Å²) in [7, 11) is 0. The van der Waals surface area contributed by atoms with Gasteiger partial charge in [0.1, 0.15) is 17.5 Å². The topological polar surface area (TPSA) is 41.0 Å². The second-order valence-electron chi connectivity index (χ2n) is 6.23. The van der Waals surface area contributed by atoms with E-state index in [-0.39, 0.29) is 0 Å². The van der Waals surface area contributed by atoms with E-state index < -0.39 is 0 Å². The van der Waals surface area contributed by atoms with Gasteiger partial charge in [0.25, 0.3) is 0 Å². The van der Waals surface area contributed by atoms with Crippen LogP contribution in [0, 0.1) is 0 Å². The summed E-state index contributed by atoms with van der Waals surface area (Å²) in [4.78, 5) is 11.8. The van der Waals surface area contributed by atoms with Crippen LogP contribution in [0.15, 0.2) is 6.07 Å². The Morgan fingerprint density at radius 1 is 1.29 bits per heavy atom. The summed E-state index contributed by atoms with van der Waals surface area (Å²) in [6, 6.07) is 2.11. The van der Waals surface area contributed by atoms with E-state index in [1.54, 1.807) is 0 Å². The first-order chi connectivity index (χ1) is 10.0. The van der Waals surface area contributed by atoms with Crippen LogP contribution in [0.5, 0.6) is 0 Å². The van der Waals surface area contributed by atoms with E-state index in [4.69, 9.17) is 4.98 Å². The van der Waals surface area contributed by atoms with E-state index >= 15 is 0 Å². The number of rotatable bonds is 6. The standard InChI is InChI=1S/C16H28N4S/c1-5-7-13-18-14(17-8-6-2)11-15(19-13)20-9-10-21-16(3,4)12-20/h11H,5-10,12H2,1-4H3,(H,17,18,19). The van der Waals surface area contributed by atoms with Gasteiger partial charge in [0.15, 0.2) is 0 Å². The average Bonchev–Trinajstić information content (AvgIpc) is 2.44. The van der Waals surface area contributed by atoms with Crippen LogP contribution in [-0.2, 0) is 6.42 Å². The van der Waals surface area contributed by atoms with E-state index in [2.05, 4.69) is 60.7 Å². The number of hydrogen-bond acceptors (Lipinski definition) is 5. The summed E-state index contributed by atoms with van der Waals surface area (Å²) in [5.74, 6) is 4.18. The van der Waals surface area contributed by atoms with Gasteiger partial charge >= 0.3 is 0 Å². The van der Waals surface area contributed by atoms with Crippen LogP contribution >= 0.6 is 11.8 Å². The van der Waals surface area contributed by atoms with Crippen molar-refractivity contribution in [1.29, 1.82) is 0 Å². The summed E-state index contributed by atoms with van der Waals surface area (Å²) in [6.45, 7) is 12.1. The third-order valence-corrected chi connectivity index (χ3v) is 4.84. The molecule has 1 aliphatic rings. The molecule has 118 valence electrons. The highest BCUT2D eigenvalue weighted by atomic mass is 32.2. The van der Waals surface area contributed by atoms with E-state index in [0.29, 0.717) is 4.75 Å². The molecule has 0 atom stereocenters. The van der Waals surface area contributed by atoms with Crippen molar-refractivity contribution in [3.8, 4) is 0 Å². The third-order valence-electron chi connectivity index (χ3n) is 3.54. The molecule has 0 radical (unpaired) electrons. The molecule has 4 nitrogen and oxygen atoms in total. The predicted molar refractivity (Wildman–Crippen MR) is 93.6 cm³/mol. The van der Waals surface area contributed by atoms with Crippen molar-refractivity contribution >= 4 is 23.4 Å². The van der Waals surface area contributed by atoms with Crippen LogP contribution in [0.4, 0.5) is 11.6 Å². The molecule has 0 spiro atoms. The number of hydrogen-bond donors (Lipinski definition) is 1. The minimum absolute atomic E-state index is 0.297. The molecule has 0 aromatic carbocycles. The van der Waals surface area contributed by atoms with Crippen molar-refractivity contribution in [2.45, 2.75) is 51.7 Å². The van der Waals surface area contributed by atoms with Gasteiger partial charge in [-0.15, -0.1) is 0 Å². The zero-order valence-corrected chi connectivity index (χ0v) is 14.6. The Labute approximate surface area is 133 Å². The maximum absolute atomic E-state index is 4.79. The van der Waals surface area contributed by atoms with Gasteiger partial charge < -0.3 is 10.2 Å². The summed E-state index contributed by atoms with van der Waals surface area (Å²) in [5.41, 5.74) is 0. The lowest BCUT2D eigenvalue weighted by molar-refractivity contribution is 0.639. The van der Waals surface area contributed by atoms with Crippen molar-refractivity contribution in [3.05, 3.63) is 11.9 Å². The predicted octanol–water partition coefficient (Wildman–Crippen LogP) is 3.58. The molecule has 5 heteroatoms. The van der Waals surface area contributed by atoms with Crippen LogP contribution in [0.3, 0.4) is 0 Å². The van der Waals surface area contributed by atoms with Crippen LogP contribution in [-0.4, -0.2) is 40.1 Å². The lowest BCUT2D eigenvalue weighted by Crippen LogP contribution is -2.43. The van der Waals surface area contributed by atoms with Gasteiger partial charge in [-0.3, -0.25) is 0 Å². The number of aromatic nitrogens is 2. The van der Waals surface area contributed by atoms with Crippen molar-refractivity contribution in [3.63, 3.8) is 0 Å². The Morgan fingerprint density at radius 3 is 2.76 bits per heavy atom. The van der Waals surface area contributed by atoms with Crippen molar-refractivity contribution in [2.24, 2.45) is 0 Å². The van der Waals surface area contributed by atoms with Crippen molar-refractivity contribution in [2.75, 3.05) is 35.6 Å². The quantitative estimate of drug-likeness (QED) is 0.870. The van der Waals surface area contributed by atoms with Gasteiger partial charge in [-0.1, -0.05) is 13.8 Å². The van der Waals surface area contributed by atoms with Gasteiger partial charge in [0.2, 0.25) is 0 Å². The first kappa shape index (κ1) is 16.4. The molecular formula is C16H28N4S. The highest BCUT2D eigenvalue weighted by Gasteiger charge is 2.28. The molecule has 2 heterocycles. The highest BCUT2D eigenvalue weighted by molar-refractivity contribution is 8.00. The fourth-order valence-electron chi connectivity index (χ4n) is 2.54. The summed E-state index contributed by atoms with van der Waals surface area (Å²) < 4.78 is 0.297. The summed E-state index contributed by atoms with van der Waals surface area (Å²) >= 11 is 2.05. The van der Waals surface area contributed by atoms with Crippen LogP contribution < -0.4 is 10.2 Å². The Morgan fingerprint density at radius 2 is 2.10 bits per heavy atom. The van der Waals surface area contributed by atoms with Crippen LogP contribution in [0.25, 0.3) is 0 Å². The number of aryl methyl sites for hydroxylation is 1. The Balaban J connectivity index is 2.21. The first-order valence-corrected chi connectivity index (χ1v) is 9.03. The van der Waals surface area contributed by atoms with Crippen LogP contribution in [0.1, 0.15) is 46.4 Å². The van der Waals surface area contributed by atoms with Crippen molar-refractivity contribution < 1.29 is 0 Å². The molecule has 1 aromatic rings. The van der Waals surface area contributed by atoms with Gasteiger partial charge in [-0.05, 0) is 26.7 Å². The maximum atomic E-state index is 4.79. The number of thioether (sulfide) groups is 1. The average molecular weight is 308 g/mol. The van der Waals surface area contributed by atoms with E-state index in [0.717, 1.165) is 62.1 Å². The van der Waals surface area contributed by atoms with Gasteiger partial charge in [-0.25, -0.2) is 9.97 Å². The molecule has 0 aliphatic carbocycles. The van der Waals surface area contributed by atoms with Gasteiger partial charge in [0, 0.05) is 42.6 Å². The lowest BCUT2D eigenvalue weighted by Gasteiger charge is -2.38. The molecule has 2 rings (SSSR count). The molecule has 21 heavy (non-hydrogen) atoms. The van der Waals surface area contributed by atoms with E-state index in [1.807, 2.05) is 0 Å². The second kappa shape index (κ2) is 7.34. The largest absolute Gasteiger partial charge is 0.370 e. The van der Waals surface area contributed by atoms with E-state index in [9.17, 15) is 0 Å². The molecule has 0 amide bonds. The number of anilines is 2. The smallest absolute Gasteiger partial charge is 0.134 e. The molecule has 1 saturated heterocycles. The van der Waals surface area contributed by atoms with E-state index in [1.165, 1.54) is 0 Å². The zero-order valence-electron chi connectivity index (χ0n) is 13.8. The van der Waals surface area contributed by atoms with Gasteiger partial charge in [-0.2, -0.15) is 11.8 Å². The highest BCUT2D eigenvalue weighted by Crippen LogP contribution is 2.32. The van der Waals surface area contributed by atoms with Crippen molar-refractivity contribution in [1.82, 2.24) is 9.97 Å². The Bertz CT molecular complexity index is 462. The number of nitrogens with zero attached hydrogens (tertiary/aromatic N) is 3. The monoisotopic (exact) mass is 308 g/mol. The normalized spacial score (nSPS) is 17.8. The molecule has 1 N–H and O–H groups in total. The SMILES string of the molecule is CCCNc1cc(N2CCSC(C)(C)C2)nc(CCC)n1. The second-order valence-corrected chi connectivity index (χ2v) is 8.04. The summed E-state index contributed by atoms with van der Waals surface area (Å²) in [6.07, 6.45) is 3.13. The van der Waals surface area contributed by atoms with Crippen LogP contribution in [0.2, 0.25) is 0 Å².